The highest BCUT2D eigenvalue weighted by atomic mass is 16.6. The third-order valence-corrected chi connectivity index (χ3v) is 6.80. The van der Waals surface area contributed by atoms with Crippen molar-refractivity contribution >= 4 is 33.5 Å². The van der Waals surface area contributed by atoms with E-state index in [-0.39, 0.29) is 26.4 Å². The molecule has 0 saturated carbocycles. The van der Waals surface area contributed by atoms with Gasteiger partial charge in [-0.2, -0.15) is 0 Å². The third kappa shape index (κ3) is 10.1. The van der Waals surface area contributed by atoms with Crippen LogP contribution in [0.15, 0.2) is 72.8 Å². The smallest absolute Gasteiger partial charge is 0.333 e. The summed E-state index contributed by atoms with van der Waals surface area (Å²) in [5, 5.41) is 3.31. The molecule has 0 amide bonds. The molecule has 0 radical (unpaired) electrons. The first-order valence-corrected chi connectivity index (χ1v) is 15.3. The lowest BCUT2D eigenvalue weighted by Gasteiger charge is -2.23. The molecule has 8 heteroatoms. The van der Waals surface area contributed by atoms with E-state index in [0.29, 0.717) is 35.9 Å². The molecule has 0 spiro atoms. The van der Waals surface area contributed by atoms with E-state index >= 15 is 0 Å². The topological polar surface area (TPSA) is 89.5 Å². The van der Waals surface area contributed by atoms with E-state index in [1.165, 1.54) is 0 Å². The van der Waals surface area contributed by atoms with Gasteiger partial charge in [-0.15, -0.1) is 0 Å². The quantitative estimate of drug-likeness (QED) is 0.0571. The third-order valence-electron chi connectivity index (χ3n) is 6.80. The molecular weight excluding hydrogens is 560 g/mol. The predicted octanol–water partition coefficient (Wildman–Crippen LogP) is 7.36. The van der Waals surface area contributed by atoms with Crippen LogP contribution in [0.3, 0.4) is 0 Å². The van der Waals surface area contributed by atoms with Gasteiger partial charge in [-0.05, 0) is 26.7 Å². The lowest BCUT2D eigenvalue weighted by molar-refractivity contribution is -0.150. The number of hydrogen-bond donors (Lipinski definition) is 0. The van der Waals surface area contributed by atoms with E-state index < -0.39 is 24.1 Å². The Bertz CT molecular complexity index is 1250. The molecule has 238 valence electrons. The van der Waals surface area contributed by atoms with Gasteiger partial charge in [-0.1, -0.05) is 88.4 Å². The number of hydrogen-bond acceptors (Lipinski definition) is 8. The van der Waals surface area contributed by atoms with Gasteiger partial charge in [-0.3, -0.25) is 0 Å². The van der Waals surface area contributed by atoms with Gasteiger partial charge in [0.15, 0.2) is 12.2 Å². The minimum atomic E-state index is -0.624. The van der Waals surface area contributed by atoms with Crippen LogP contribution in [0.25, 0.3) is 21.5 Å². The van der Waals surface area contributed by atoms with Crippen molar-refractivity contribution in [2.24, 2.45) is 0 Å². The van der Waals surface area contributed by atoms with Gasteiger partial charge in [0.25, 0.3) is 0 Å². The SMILES string of the molecule is C=C(C)C(=O)OC(COCCCC)COc1c2ccccc2c(OCC(COCCCC)OC(=O)C(=C)C)c2ccccc12. The normalized spacial score (nSPS) is 12.5. The Morgan fingerprint density at radius 2 is 0.955 bits per heavy atom. The highest BCUT2D eigenvalue weighted by Crippen LogP contribution is 2.42. The second kappa shape index (κ2) is 18.0. The van der Waals surface area contributed by atoms with Crippen LogP contribution in [0.1, 0.15) is 53.4 Å². The van der Waals surface area contributed by atoms with Gasteiger partial charge >= 0.3 is 11.9 Å². The lowest BCUT2D eigenvalue weighted by Crippen LogP contribution is -2.30. The average molecular weight is 607 g/mol. The van der Waals surface area contributed by atoms with Crippen molar-refractivity contribution in [1.29, 1.82) is 0 Å². The maximum Gasteiger partial charge on any atom is 0.333 e. The zero-order valence-electron chi connectivity index (χ0n) is 26.5. The molecule has 44 heavy (non-hydrogen) atoms. The van der Waals surface area contributed by atoms with Crippen molar-refractivity contribution in [3.63, 3.8) is 0 Å². The Morgan fingerprint density at radius 1 is 0.614 bits per heavy atom. The molecule has 2 atom stereocenters. The standard InChI is InChI=1S/C36H46O8/c1-7-9-19-39-21-27(43-35(37)25(3)4)23-41-33-29-15-11-13-17-31(29)34(32-18-14-12-16-30(32)33)42-24-28(22-40-20-10-8-2)44-36(38)26(5)6/h11-18,27-28H,3,5,7-10,19-24H2,1-2,4,6H3. The molecule has 3 aromatic rings. The summed E-state index contributed by atoms with van der Waals surface area (Å²) in [5.41, 5.74) is 0.618. The number of ether oxygens (including phenoxy) is 6. The second-order valence-corrected chi connectivity index (χ2v) is 10.8. The summed E-state index contributed by atoms with van der Waals surface area (Å²) in [5.74, 6) is 0.303. The fourth-order valence-electron chi connectivity index (χ4n) is 4.37. The van der Waals surface area contributed by atoms with Crippen molar-refractivity contribution in [2.45, 2.75) is 65.6 Å². The van der Waals surface area contributed by atoms with Gasteiger partial charge in [0.2, 0.25) is 0 Å². The van der Waals surface area contributed by atoms with Crippen LogP contribution in [0.5, 0.6) is 11.5 Å². The second-order valence-electron chi connectivity index (χ2n) is 10.8. The number of unbranched alkanes of at least 4 members (excludes halogenated alkanes) is 2. The molecule has 0 aromatic heterocycles. The summed E-state index contributed by atoms with van der Waals surface area (Å²) in [4.78, 5) is 24.7. The first-order chi connectivity index (χ1) is 21.3. The van der Waals surface area contributed by atoms with Crippen LogP contribution < -0.4 is 9.47 Å². The van der Waals surface area contributed by atoms with Gasteiger partial charge in [0.05, 0.1) is 13.2 Å². The zero-order valence-corrected chi connectivity index (χ0v) is 26.5. The predicted molar refractivity (Wildman–Crippen MR) is 173 cm³/mol. The fourth-order valence-corrected chi connectivity index (χ4v) is 4.37. The molecule has 0 fully saturated rings. The molecule has 0 aliphatic heterocycles. The molecule has 2 unspecified atom stereocenters. The highest BCUT2D eigenvalue weighted by Gasteiger charge is 2.22. The van der Waals surface area contributed by atoms with E-state index in [2.05, 4.69) is 27.0 Å². The van der Waals surface area contributed by atoms with E-state index in [0.717, 1.165) is 47.2 Å². The minimum Gasteiger partial charge on any atom is -0.488 e. The van der Waals surface area contributed by atoms with Crippen LogP contribution in [0, 0.1) is 0 Å². The molecular formula is C36H46O8. The van der Waals surface area contributed by atoms with E-state index in [1.54, 1.807) is 13.8 Å². The Labute approximate surface area is 260 Å². The molecule has 0 aliphatic carbocycles. The fraction of sp³-hybridized carbons (Fsp3) is 0.444. The van der Waals surface area contributed by atoms with E-state index in [9.17, 15) is 9.59 Å². The number of carbonyl (C=O) groups is 2. The van der Waals surface area contributed by atoms with E-state index in [1.807, 2.05) is 48.5 Å². The van der Waals surface area contributed by atoms with Crippen LogP contribution in [0.2, 0.25) is 0 Å². The number of rotatable bonds is 20. The van der Waals surface area contributed by atoms with Crippen molar-refractivity contribution in [2.75, 3.05) is 39.6 Å². The van der Waals surface area contributed by atoms with Gasteiger partial charge in [0.1, 0.15) is 24.7 Å². The van der Waals surface area contributed by atoms with Crippen LogP contribution in [0.4, 0.5) is 0 Å². The van der Waals surface area contributed by atoms with Crippen molar-refractivity contribution < 1.29 is 38.0 Å². The molecule has 8 nitrogen and oxygen atoms in total. The molecule has 0 bridgehead atoms. The summed E-state index contributed by atoms with van der Waals surface area (Å²) >= 11 is 0. The van der Waals surface area contributed by atoms with Gasteiger partial charge < -0.3 is 28.4 Å². The number of fused-ring (bicyclic) bond motifs is 2. The molecule has 0 N–H and O–H groups in total. The first-order valence-electron chi connectivity index (χ1n) is 15.3. The minimum absolute atomic E-state index is 0.0906. The van der Waals surface area contributed by atoms with E-state index in [4.69, 9.17) is 28.4 Å². The first kappa shape index (κ1) is 34.6. The molecule has 3 rings (SSSR count). The van der Waals surface area contributed by atoms with Gasteiger partial charge in [-0.25, -0.2) is 9.59 Å². The maximum absolute atomic E-state index is 12.4. The summed E-state index contributed by atoms with van der Waals surface area (Å²) < 4.78 is 35.7. The summed E-state index contributed by atoms with van der Waals surface area (Å²) in [7, 11) is 0. The Kier molecular flexibility index (Phi) is 14.2. The number of benzene rings is 3. The number of carbonyl (C=O) groups excluding carboxylic acids is 2. The Morgan fingerprint density at radius 3 is 1.25 bits per heavy atom. The van der Waals surface area contributed by atoms with Crippen LogP contribution in [-0.4, -0.2) is 63.8 Å². The van der Waals surface area contributed by atoms with Crippen LogP contribution in [-0.2, 0) is 28.5 Å². The van der Waals surface area contributed by atoms with Crippen LogP contribution >= 0.6 is 0 Å². The monoisotopic (exact) mass is 606 g/mol. The maximum atomic E-state index is 12.4. The zero-order chi connectivity index (χ0) is 31.9. The summed E-state index contributed by atoms with van der Waals surface area (Å²) in [6.07, 6.45) is 2.58. The average Bonchev–Trinajstić information content (AvgIpc) is 3.02. The molecule has 0 heterocycles. The Hall–Kier alpha value is -3.88. The Balaban J connectivity index is 1.92. The largest absolute Gasteiger partial charge is 0.488 e. The number of esters is 2. The summed E-state index contributed by atoms with van der Waals surface area (Å²) in [6.45, 7) is 16.5. The molecule has 3 aromatic carbocycles. The lowest BCUT2D eigenvalue weighted by atomic mass is 10.0. The van der Waals surface area contributed by atoms with Crippen molar-refractivity contribution in [3.05, 3.63) is 72.8 Å². The van der Waals surface area contributed by atoms with Crippen molar-refractivity contribution in [1.82, 2.24) is 0 Å². The van der Waals surface area contributed by atoms with Gasteiger partial charge in [0, 0.05) is 45.9 Å². The molecule has 0 aliphatic rings. The highest BCUT2D eigenvalue weighted by molar-refractivity contribution is 6.11. The molecule has 0 saturated heterocycles. The summed E-state index contributed by atoms with van der Waals surface area (Å²) in [6, 6.07) is 15.6. The van der Waals surface area contributed by atoms with Crippen molar-refractivity contribution in [3.8, 4) is 11.5 Å².